The molecular formula is C13H18ClNO2S2. The predicted octanol–water partition coefficient (Wildman–Crippen LogP) is 2.99. The van der Waals surface area contributed by atoms with Gasteiger partial charge in [0.25, 0.3) is 0 Å². The summed E-state index contributed by atoms with van der Waals surface area (Å²) >= 11 is 10.0. The highest BCUT2D eigenvalue weighted by atomic mass is 35.5. The molecule has 1 aliphatic rings. The molecule has 0 aliphatic carbocycles. The number of ether oxygens (including phenoxy) is 1. The number of thioether (sulfide) groups is 2. The average Bonchev–Trinajstić information content (AvgIpc) is 2.43. The zero-order valence-corrected chi connectivity index (χ0v) is 13.2. The maximum atomic E-state index is 10.0. The number of aromatic hydroxyl groups is 1. The van der Waals surface area contributed by atoms with Crippen molar-refractivity contribution in [3.63, 3.8) is 0 Å². The van der Waals surface area contributed by atoms with E-state index in [1.165, 1.54) is 24.4 Å². The summed E-state index contributed by atoms with van der Waals surface area (Å²) in [5, 5.41) is 14.6. The molecule has 1 atom stereocenters. The van der Waals surface area contributed by atoms with Gasteiger partial charge in [0, 0.05) is 52.3 Å². The van der Waals surface area contributed by atoms with Gasteiger partial charge in [0.2, 0.25) is 0 Å². The van der Waals surface area contributed by atoms with Gasteiger partial charge in [-0.2, -0.15) is 23.5 Å². The summed E-state index contributed by atoms with van der Waals surface area (Å²) in [6, 6.07) is 3.39. The second-order valence-electron chi connectivity index (χ2n) is 4.31. The molecule has 19 heavy (non-hydrogen) atoms. The Balaban J connectivity index is 1.89. The van der Waals surface area contributed by atoms with Gasteiger partial charge in [0.15, 0.2) is 11.5 Å². The first-order chi connectivity index (χ1) is 9.20. The summed E-state index contributed by atoms with van der Waals surface area (Å²) in [4.78, 5) is 0. The third kappa shape index (κ3) is 4.38. The van der Waals surface area contributed by atoms with Crippen LogP contribution in [0, 0.1) is 0 Å². The van der Waals surface area contributed by atoms with E-state index in [9.17, 15) is 5.11 Å². The van der Waals surface area contributed by atoms with Gasteiger partial charge in [-0.25, -0.2) is 0 Å². The lowest BCUT2D eigenvalue weighted by Crippen LogP contribution is -2.28. The SMILES string of the molecule is COc1cc(Cl)cc(CNCC2CSCCS2)c1O. The van der Waals surface area contributed by atoms with Crippen LogP contribution in [0.25, 0.3) is 0 Å². The van der Waals surface area contributed by atoms with E-state index in [1.54, 1.807) is 12.1 Å². The lowest BCUT2D eigenvalue weighted by atomic mass is 10.2. The number of benzene rings is 1. The number of halogens is 1. The fourth-order valence-electron chi connectivity index (χ4n) is 1.94. The van der Waals surface area contributed by atoms with E-state index < -0.39 is 0 Å². The Hall–Kier alpha value is -0.230. The molecule has 1 saturated heterocycles. The minimum absolute atomic E-state index is 0.171. The van der Waals surface area contributed by atoms with Gasteiger partial charge in [0.1, 0.15) is 0 Å². The van der Waals surface area contributed by atoms with Gasteiger partial charge >= 0.3 is 0 Å². The lowest BCUT2D eigenvalue weighted by molar-refractivity contribution is 0.369. The summed E-state index contributed by atoms with van der Waals surface area (Å²) < 4.78 is 5.09. The minimum atomic E-state index is 0.171. The molecule has 1 aromatic rings. The molecular weight excluding hydrogens is 302 g/mol. The van der Waals surface area contributed by atoms with Crippen LogP contribution >= 0.6 is 35.1 Å². The van der Waals surface area contributed by atoms with Crippen LogP contribution in [0.15, 0.2) is 12.1 Å². The Labute approximate surface area is 127 Å². The van der Waals surface area contributed by atoms with Crippen LogP contribution in [0.2, 0.25) is 5.02 Å². The quantitative estimate of drug-likeness (QED) is 0.873. The molecule has 1 fully saturated rings. The Bertz CT molecular complexity index is 425. The Morgan fingerprint density at radius 2 is 2.32 bits per heavy atom. The molecule has 1 heterocycles. The van der Waals surface area contributed by atoms with E-state index in [4.69, 9.17) is 16.3 Å². The molecule has 0 saturated carbocycles. The molecule has 1 unspecified atom stereocenters. The van der Waals surface area contributed by atoms with Crippen molar-refractivity contribution in [3.05, 3.63) is 22.7 Å². The number of nitrogens with one attached hydrogen (secondary N) is 1. The standard InChI is InChI=1S/C13H18ClNO2S2/c1-17-12-5-10(14)4-9(13(12)16)6-15-7-11-8-18-2-3-19-11/h4-5,11,15-16H,2-3,6-8H2,1H3. The molecule has 0 amide bonds. The number of methoxy groups -OCH3 is 1. The molecule has 6 heteroatoms. The first-order valence-corrected chi connectivity index (χ1v) is 8.74. The molecule has 2 rings (SSSR count). The first kappa shape index (κ1) is 15.2. The monoisotopic (exact) mass is 319 g/mol. The number of phenols is 1. The largest absolute Gasteiger partial charge is 0.504 e. The van der Waals surface area contributed by atoms with Crippen molar-refractivity contribution in [2.24, 2.45) is 0 Å². The highest BCUT2D eigenvalue weighted by Crippen LogP contribution is 2.33. The van der Waals surface area contributed by atoms with E-state index in [-0.39, 0.29) is 5.75 Å². The van der Waals surface area contributed by atoms with Crippen LogP contribution in [0.5, 0.6) is 11.5 Å². The van der Waals surface area contributed by atoms with E-state index in [0.717, 1.165) is 12.1 Å². The topological polar surface area (TPSA) is 41.5 Å². The molecule has 1 aromatic carbocycles. The number of hydrogen-bond donors (Lipinski definition) is 2. The highest BCUT2D eigenvalue weighted by Gasteiger charge is 2.14. The summed E-state index contributed by atoms with van der Waals surface area (Å²) in [6.07, 6.45) is 0. The first-order valence-electron chi connectivity index (χ1n) is 6.16. The Morgan fingerprint density at radius 1 is 1.47 bits per heavy atom. The molecule has 0 spiro atoms. The van der Waals surface area contributed by atoms with Gasteiger partial charge in [-0.05, 0) is 6.07 Å². The lowest BCUT2D eigenvalue weighted by Gasteiger charge is -2.21. The Morgan fingerprint density at radius 3 is 3.00 bits per heavy atom. The summed E-state index contributed by atoms with van der Waals surface area (Å²) in [7, 11) is 1.53. The van der Waals surface area contributed by atoms with Gasteiger partial charge < -0.3 is 15.2 Å². The maximum absolute atomic E-state index is 10.0. The van der Waals surface area contributed by atoms with Crippen LogP contribution in [0.3, 0.4) is 0 Å². The fourth-order valence-corrected chi connectivity index (χ4v) is 4.82. The number of phenolic OH excluding ortho intramolecular Hbond substituents is 1. The van der Waals surface area contributed by atoms with E-state index in [0.29, 0.717) is 22.6 Å². The Kier molecular flexibility index (Phi) is 6.01. The zero-order chi connectivity index (χ0) is 13.7. The summed E-state index contributed by atoms with van der Waals surface area (Å²) in [6.45, 7) is 1.55. The normalized spacial score (nSPS) is 19.4. The van der Waals surface area contributed by atoms with Gasteiger partial charge in [-0.15, -0.1) is 0 Å². The second kappa shape index (κ2) is 7.53. The fraction of sp³-hybridized carbons (Fsp3) is 0.538. The van der Waals surface area contributed by atoms with Crippen molar-refractivity contribution in [2.75, 3.05) is 30.9 Å². The molecule has 0 aromatic heterocycles. The van der Waals surface area contributed by atoms with E-state index >= 15 is 0 Å². The highest BCUT2D eigenvalue weighted by molar-refractivity contribution is 8.06. The molecule has 0 radical (unpaired) electrons. The van der Waals surface area contributed by atoms with Crippen molar-refractivity contribution >= 4 is 35.1 Å². The van der Waals surface area contributed by atoms with Gasteiger partial charge in [-0.1, -0.05) is 11.6 Å². The number of rotatable bonds is 5. The smallest absolute Gasteiger partial charge is 0.162 e. The van der Waals surface area contributed by atoms with Crippen LogP contribution in [0.4, 0.5) is 0 Å². The van der Waals surface area contributed by atoms with Gasteiger partial charge in [0.05, 0.1) is 7.11 Å². The van der Waals surface area contributed by atoms with Gasteiger partial charge in [-0.3, -0.25) is 0 Å². The van der Waals surface area contributed by atoms with Crippen molar-refractivity contribution in [3.8, 4) is 11.5 Å². The van der Waals surface area contributed by atoms with Crippen molar-refractivity contribution in [2.45, 2.75) is 11.8 Å². The molecule has 106 valence electrons. The molecule has 3 nitrogen and oxygen atoms in total. The summed E-state index contributed by atoms with van der Waals surface area (Å²) in [5.74, 6) is 4.28. The third-order valence-electron chi connectivity index (χ3n) is 2.91. The summed E-state index contributed by atoms with van der Waals surface area (Å²) in [5.41, 5.74) is 0.776. The van der Waals surface area contributed by atoms with Crippen molar-refractivity contribution in [1.29, 1.82) is 0 Å². The molecule has 1 aliphatic heterocycles. The van der Waals surface area contributed by atoms with Crippen LogP contribution < -0.4 is 10.1 Å². The van der Waals surface area contributed by atoms with Crippen LogP contribution in [-0.2, 0) is 6.54 Å². The molecule has 0 bridgehead atoms. The zero-order valence-electron chi connectivity index (χ0n) is 10.8. The van der Waals surface area contributed by atoms with Crippen molar-refractivity contribution in [1.82, 2.24) is 5.32 Å². The second-order valence-corrected chi connectivity index (χ2v) is 7.31. The van der Waals surface area contributed by atoms with Crippen LogP contribution in [0.1, 0.15) is 5.56 Å². The number of hydrogen-bond acceptors (Lipinski definition) is 5. The van der Waals surface area contributed by atoms with E-state index in [2.05, 4.69) is 5.32 Å². The predicted molar refractivity (Wildman–Crippen MR) is 84.9 cm³/mol. The average molecular weight is 320 g/mol. The third-order valence-corrected chi connectivity index (χ3v) is 5.97. The molecule has 2 N–H and O–H groups in total. The minimum Gasteiger partial charge on any atom is -0.504 e. The van der Waals surface area contributed by atoms with Crippen LogP contribution in [-0.4, -0.2) is 41.3 Å². The maximum Gasteiger partial charge on any atom is 0.162 e. The van der Waals surface area contributed by atoms with E-state index in [1.807, 2.05) is 23.5 Å². The van der Waals surface area contributed by atoms with Crippen molar-refractivity contribution < 1.29 is 9.84 Å².